The first kappa shape index (κ1) is 40.1. The van der Waals surface area contributed by atoms with Crippen molar-refractivity contribution in [3.8, 4) is 11.4 Å². The summed E-state index contributed by atoms with van der Waals surface area (Å²) in [4.78, 5) is 64.7. The molecule has 0 bridgehead atoms. The van der Waals surface area contributed by atoms with E-state index >= 15 is 0 Å². The Bertz CT molecular complexity index is 2080. The van der Waals surface area contributed by atoms with Gasteiger partial charge in [0.1, 0.15) is 5.82 Å². The van der Waals surface area contributed by atoms with Gasteiger partial charge in [-0.25, -0.2) is 24.0 Å². The minimum Gasteiger partial charge on any atom is -0.462 e. The maximum Gasteiger partial charge on any atom is 0.418 e. The smallest absolute Gasteiger partial charge is 0.418 e. The van der Waals surface area contributed by atoms with Crippen molar-refractivity contribution >= 4 is 41.1 Å². The molecule has 6 rings (SSSR count). The number of nitrogens with one attached hydrogen (secondary N) is 1. The third kappa shape index (κ3) is 9.44. The lowest BCUT2D eigenvalue weighted by molar-refractivity contribution is -0.141. The van der Waals surface area contributed by atoms with Crippen LogP contribution in [0.3, 0.4) is 0 Å². The number of hydrogen-bond donors (Lipinski definition) is 2. The summed E-state index contributed by atoms with van der Waals surface area (Å²) in [7, 11) is 0. The second-order valence-corrected chi connectivity index (χ2v) is 14.5. The Morgan fingerprint density at radius 2 is 1.68 bits per heavy atom. The van der Waals surface area contributed by atoms with Crippen LogP contribution >= 0.6 is 11.6 Å². The monoisotopic (exact) mass is 798 g/mol. The van der Waals surface area contributed by atoms with Crippen molar-refractivity contribution in [1.29, 1.82) is 0 Å². The number of nitrogen functional groups attached to an aromatic ring is 1. The summed E-state index contributed by atoms with van der Waals surface area (Å²) in [5.74, 6) is 0.108. The number of aromatic nitrogens is 4. The van der Waals surface area contributed by atoms with Gasteiger partial charge < -0.3 is 29.9 Å². The highest BCUT2D eigenvalue weighted by molar-refractivity contribution is 6.33. The van der Waals surface area contributed by atoms with Crippen LogP contribution in [-0.4, -0.2) is 99.5 Å². The number of alkyl halides is 3. The summed E-state index contributed by atoms with van der Waals surface area (Å²) in [6.45, 7) is 5.57. The summed E-state index contributed by atoms with van der Waals surface area (Å²) in [6.07, 6.45) is -5.38. The number of nitrogens with two attached hydrogens (primary N) is 1. The molecule has 2 aliphatic heterocycles. The van der Waals surface area contributed by atoms with Crippen LogP contribution in [0.25, 0.3) is 11.4 Å². The number of piperidine rings is 1. The molecule has 298 valence electrons. The summed E-state index contributed by atoms with van der Waals surface area (Å²) in [5, 5.41) is 4.12. The first-order chi connectivity index (χ1) is 26.7. The minimum atomic E-state index is -4.82. The summed E-state index contributed by atoms with van der Waals surface area (Å²) in [5.41, 5.74) is 4.51. The molecule has 56 heavy (non-hydrogen) atoms. The van der Waals surface area contributed by atoms with E-state index < -0.39 is 47.9 Å². The van der Waals surface area contributed by atoms with E-state index in [0.29, 0.717) is 43.1 Å². The van der Waals surface area contributed by atoms with Gasteiger partial charge in [0, 0.05) is 57.4 Å². The number of amides is 2. The third-order valence-electron chi connectivity index (χ3n) is 9.64. The molecule has 2 aromatic heterocycles. The number of halogens is 4. The van der Waals surface area contributed by atoms with Crippen LogP contribution in [0.15, 0.2) is 65.6 Å². The molecule has 0 unspecified atom stereocenters. The highest BCUT2D eigenvalue weighted by Crippen LogP contribution is 2.38. The number of piperazine rings is 1. The number of nitrogens with zero attached hydrogens (tertiary/aromatic N) is 6. The molecule has 0 radical (unpaired) electrons. The van der Waals surface area contributed by atoms with Crippen LogP contribution in [-0.2, 0) is 26.9 Å². The number of hydrogen-bond acceptors (Lipinski definition) is 10. The number of H-pyrrole nitrogens is 1. The number of likely N-dealkylation sites (tertiary alicyclic amines) is 1. The molecule has 2 aliphatic rings. The third-order valence-corrected chi connectivity index (χ3v) is 9.95. The molecule has 2 amide bonds. The van der Waals surface area contributed by atoms with Gasteiger partial charge in [0.25, 0.3) is 5.91 Å². The Balaban J connectivity index is 1.13. The fourth-order valence-electron chi connectivity index (χ4n) is 6.60. The van der Waals surface area contributed by atoms with E-state index in [4.69, 9.17) is 26.8 Å². The van der Waals surface area contributed by atoms with E-state index in [9.17, 15) is 32.3 Å². The molecule has 18 heteroatoms. The van der Waals surface area contributed by atoms with E-state index in [1.807, 2.05) is 49.1 Å². The Labute approximate surface area is 325 Å². The van der Waals surface area contributed by atoms with Gasteiger partial charge in [-0.1, -0.05) is 55.8 Å². The van der Waals surface area contributed by atoms with Gasteiger partial charge in [0.15, 0.2) is 11.9 Å². The number of carbonyl (C=O) groups excluding carboxylic acids is 3. The Morgan fingerprint density at radius 3 is 2.30 bits per heavy atom. The van der Waals surface area contributed by atoms with Crippen molar-refractivity contribution in [3.05, 3.63) is 93.0 Å². The van der Waals surface area contributed by atoms with Gasteiger partial charge in [-0.2, -0.15) is 13.2 Å². The van der Waals surface area contributed by atoms with Crippen molar-refractivity contribution in [1.82, 2.24) is 29.5 Å². The number of anilines is 2. The molecule has 2 fully saturated rings. The zero-order chi connectivity index (χ0) is 40.1. The second-order valence-electron chi connectivity index (χ2n) is 14.1. The highest BCUT2D eigenvalue weighted by Gasteiger charge is 2.37. The molecule has 4 aromatic rings. The SMILES string of the molecule is CC(C)COC(=O)c1ccc(N2CCN(C(=O)[C@@H](Cc3cc(Cl)c(N)c(C(F)(F)F)c3)OC(=O)N3CCC(n4nc(-c5ccccc5)[nH]c4=O)CC3)CC2)nc1. The van der Waals surface area contributed by atoms with Gasteiger partial charge in [-0.3, -0.25) is 9.78 Å². The average molecular weight is 799 g/mol. The van der Waals surface area contributed by atoms with Gasteiger partial charge in [-0.15, -0.1) is 5.10 Å². The molecule has 2 aromatic carbocycles. The quantitative estimate of drug-likeness (QED) is 0.156. The predicted octanol–water partition coefficient (Wildman–Crippen LogP) is 5.43. The molecule has 14 nitrogen and oxygen atoms in total. The van der Waals surface area contributed by atoms with Gasteiger partial charge in [-0.05, 0) is 48.6 Å². The standard InChI is InChI=1S/C38H42ClF3N8O6/c1-23(2)22-55-35(52)26-8-9-31(44-21-26)47-14-16-48(17-15-47)34(51)30(20-24-18-28(38(40,41)42)32(43)29(39)19-24)56-37(54)49-12-10-27(11-13-49)50-36(53)45-33(46-50)25-6-4-3-5-7-25/h3-9,18-19,21,23,27,30H,10-17,20,22,43H2,1-2H3,(H,45,46,53)/t30-/m1/s1. The zero-order valence-corrected chi connectivity index (χ0v) is 31.6. The fourth-order valence-corrected chi connectivity index (χ4v) is 6.84. The number of rotatable bonds is 10. The van der Waals surface area contributed by atoms with Crippen LogP contribution < -0.4 is 16.3 Å². The van der Waals surface area contributed by atoms with Crippen molar-refractivity contribution < 1.29 is 37.0 Å². The molecular weight excluding hydrogens is 757 g/mol. The molecular formula is C38H42ClF3N8O6. The molecule has 4 heterocycles. The Morgan fingerprint density at radius 1 is 0.982 bits per heavy atom. The number of ether oxygens (including phenoxy) is 2. The van der Waals surface area contributed by atoms with E-state index in [1.165, 1.54) is 26.7 Å². The fraction of sp³-hybridized carbons (Fsp3) is 0.421. The minimum absolute atomic E-state index is 0.00311. The Kier molecular flexibility index (Phi) is 12.2. The van der Waals surface area contributed by atoms with E-state index in [2.05, 4.69) is 15.1 Å². The van der Waals surface area contributed by atoms with Crippen LogP contribution in [0.5, 0.6) is 0 Å². The number of carbonyl (C=O) groups is 3. The van der Waals surface area contributed by atoms with Crippen molar-refractivity contribution in [2.45, 2.75) is 51.4 Å². The van der Waals surface area contributed by atoms with Crippen LogP contribution in [0.1, 0.15) is 54.2 Å². The topological polar surface area (TPSA) is 169 Å². The second kappa shape index (κ2) is 17.1. The molecule has 3 N–H and O–H groups in total. The summed E-state index contributed by atoms with van der Waals surface area (Å²) >= 11 is 6.10. The first-order valence-electron chi connectivity index (χ1n) is 18.2. The largest absolute Gasteiger partial charge is 0.462 e. The maximum absolute atomic E-state index is 14.0. The molecule has 0 saturated carbocycles. The van der Waals surface area contributed by atoms with Crippen LogP contribution in [0.4, 0.5) is 29.5 Å². The van der Waals surface area contributed by atoms with E-state index in [-0.39, 0.29) is 61.0 Å². The number of benzene rings is 2. The molecule has 1 atom stereocenters. The van der Waals surface area contributed by atoms with Crippen molar-refractivity contribution in [3.63, 3.8) is 0 Å². The lowest BCUT2D eigenvalue weighted by Crippen LogP contribution is -2.53. The first-order valence-corrected chi connectivity index (χ1v) is 18.6. The number of esters is 1. The molecule has 0 spiro atoms. The molecule has 0 aliphatic carbocycles. The lowest BCUT2D eigenvalue weighted by Gasteiger charge is -2.37. The Hall–Kier alpha value is -5.58. The molecule has 2 saturated heterocycles. The summed E-state index contributed by atoms with van der Waals surface area (Å²) in [6, 6.07) is 14.2. The summed E-state index contributed by atoms with van der Waals surface area (Å²) < 4.78 is 54.0. The van der Waals surface area contributed by atoms with Gasteiger partial charge in [0.05, 0.1) is 34.5 Å². The van der Waals surface area contributed by atoms with Crippen molar-refractivity contribution in [2.75, 3.05) is 56.5 Å². The van der Waals surface area contributed by atoms with E-state index in [1.54, 1.807) is 12.1 Å². The van der Waals surface area contributed by atoms with Gasteiger partial charge in [0.2, 0.25) is 0 Å². The maximum atomic E-state index is 14.0. The van der Waals surface area contributed by atoms with Crippen LogP contribution in [0, 0.1) is 5.92 Å². The van der Waals surface area contributed by atoms with Crippen LogP contribution in [0.2, 0.25) is 5.02 Å². The number of aromatic amines is 1. The van der Waals surface area contributed by atoms with Gasteiger partial charge >= 0.3 is 23.9 Å². The van der Waals surface area contributed by atoms with Crippen molar-refractivity contribution in [2.24, 2.45) is 5.92 Å². The predicted molar refractivity (Wildman–Crippen MR) is 201 cm³/mol. The average Bonchev–Trinajstić information content (AvgIpc) is 3.59. The highest BCUT2D eigenvalue weighted by atomic mass is 35.5. The normalized spacial score (nSPS) is 15.9. The van der Waals surface area contributed by atoms with E-state index in [0.717, 1.165) is 11.6 Å². The number of pyridine rings is 1. The zero-order valence-electron chi connectivity index (χ0n) is 30.8. The lowest BCUT2D eigenvalue weighted by atomic mass is 10.0.